The van der Waals surface area contributed by atoms with E-state index in [0.717, 1.165) is 0 Å². The Bertz CT molecular complexity index is 409. The third-order valence-corrected chi connectivity index (χ3v) is 3.53. The van der Waals surface area contributed by atoms with E-state index in [1.807, 2.05) is 0 Å². The summed E-state index contributed by atoms with van der Waals surface area (Å²) in [6, 6.07) is 6.81. The predicted octanol–water partition coefficient (Wildman–Crippen LogP) is 3.22. The van der Waals surface area contributed by atoms with Crippen LogP contribution in [0.15, 0.2) is 28.7 Å². The number of rotatable bonds is 4. The van der Waals surface area contributed by atoms with Gasteiger partial charge in [0.2, 0.25) is 4.33 Å². The molecule has 1 unspecified atom stereocenters. The fraction of sp³-hybridized carbons (Fsp3) is 0.364. The van der Waals surface area contributed by atoms with Gasteiger partial charge in [-0.2, -0.15) is 0 Å². The SMILES string of the molecule is CCOC(=O)C(Cl)(Cl)C(O)c1ccccc1Br. The van der Waals surface area contributed by atoms with Crippen molar-refractivity contribution in [1.29, 1.82) is 0 Å². The lowest BCUT2D eigenvalue weighted by Gasteiger charge is -2.24. The summed E-state index contributed by atoms with van der Waals surface area (Å²) >= 11 is 14.9. The molecule has 0 aromatic heterocycles. The zero-order chi connectivity index (χ0) is 13.1. The molecule has 0 saturated carbocycles. The first kappa shape index (κ1) is 14.8. The van der Waals surface area contributed by atoms with E-state index < -0.39 is 16.4 Å². The van der Waals surface area contributed by atoms with Crippen LogP contribution in [0.3, 0.4) is 0 Å². The third kappa shape index (κ3) is 3.35. The van der Waals surface area contributed by atoms with Crippen molar-refractivity contribution >= 4 is 45.1 Å². The number of alkyl halides is 2. The summed E-state index contributed by atoms with van der Waals surface area (Å²) in [6.07, 6.45) is -1.37. The van der Waals surface area contributed by atoms with Gasteiger partial charge >= 0.3 is 5.97 Å². The minimum Gasteiger partial charge on any atom is -0.464 e. The third-order valence-electron chi connectivity index (χ3n) is 2.09. The number of benzene rings is 1. The van der Waals surface area contributed by atoms with Crippen LogP contribution in [0.1, 0.15) is 18.6 Å². The van der Waals surface area contributed by atoms with E-state index in [2.05, 4.69) is 15.9 Å². The quantitative estimate of drug-likeness (QED) is 0.675. The van der Waals surface area contributed by atoms with Crippen molar-refractivity contribution in [2.75, 3.05) is 6.61 Å². The van der Waals surface area contributed by atoms with E-state index in [9.17, 15) is 9.90 Å². The van der Waals surface area contributed by atoms with Crippen LogP contribution in [-0.4, -0.2) is 22.0 Å². The zero-order valence-electron chi connectivity index (χ0n) is 8.99. The van der Waals surface area contributed by atoms with Gasteiger partial charge in [0.1, 0.15) is 6.10 Å². The highest BCUT2D eigenvalue weighted by Gasteiger charge is 2.44. The lowest BCUT2D eigenvalue weighted by atomic mass is 10.1. The first-order valence-corrected chi connectivity index (χ1v) is 6.43. The van der Waals surface area contributed by atoms with Gasteiger partial charge in [0.15, 0.2) is 0 Å². The minimum absolute atomic E-state index is 0.142. The first-order valence-electron chi connectivity index (χ1n) is 4.88. The van der Waals surface area contributed by atoms with Crippen LogP contribution in [0.4, 0.5) is 0 Å². The second-order valence-electron chi connectivity index (χ2n) is 3.27. The molecule has 0 bridgehead atoms. The average molecular weight is 342 g/mol. The monoisotopic (exact) mass is 340 g/mol. The number of carbonyl (C=O) groups is 1. The molecule has 0 saturated heterocycles. The van der Waals surface area contributed by atoms with Crippen LogP contribution >= 0.6 is 39.1 Å². The summed E-state index contributed by atoms with van der Waals surface area (Å²) in [7, 11) is 0. The van der Waals surface area contributed by atoms with Crippen LogP contribution in [0.2, 0.25) is 0 Å². The maximum absolute atomic E-state index is 11.5. The standard InChI is InChI=1S/C11H11BrCl2O3/c1-2-17-10(16)11(13,14)9(15)7-5-3-4-6-8(7)12/h3-6,9,15H,2H2,1H3. The molecule has 1 rings (SSSR count). The number of halogens is 3. The van der Waals surface area contributed by atoms with Gasteiger partial charge < -0.3 is 9.84 Å². The molecule has 0 amide bonds. The van der Waals surface area contributed by atoms with Gasteiger partial charge in [-0.3, -0.25) is 0 Å². The van der Waals surface area contributed by atoms with Crippen molar-refractivity contribution in [1.82, 2.24) is 0 Å². The largest absolute Gasteiger partial charge is 0.464 e. The Morgan fingerprint density at radius 2 is 2.12 bits per heavy atom. The molecule has 0 aliphatic rings. The van der Waals surface area contributed by atoms with E-state index in [-0.39, 0.29) is 6.61 Å². The molecule has 94 valence electrons. The van der Waals surface area contributed by atoms with Crippen molar-refractivity contribution < 1.29 is 14.6 Å². The van der Waals surface area contributed by atoms with Gasteiger partial charge in [0.05, 0.1) is 6.61 Å². The Morgan fingerprint density at radius 1 is 1.53 bits per heavy atom. The van der Waals surface area contributed by atoms with Crippen molar-refractivity contribution in [2.45, 2.75) is 17.4 Å². The van der Waals surface area contributed by atoms with Gasteiger partial charge in [-0.1, -0.05) is 57.3 Å². The van der Waals surface area contributed by atoms with E-state index in [0.29, 0.717) is 10.0 Å². The topological polar surface area (TPSA) is 46.5 Å². The van der Waals surface area contributed by atoms with Crippen LogP contribution in [0, 0.1) is 0 Å². The molecule has 0 radical (unpaired) electrons. The summed E-state index contributed by atoms with van der Waals surface area (Å²) in [5.74, 6) is -0.869. The van der Waals surface area contributed by atoms with Gasteiger partial charge in [0, 0.05) is 4.47 Å². The fourth-order valence-corrected chi connectivity index (χ4v) is 2.08. The summed E-state index contributed by atoms with van der Waals surface area (Å²) in [4.78, 5) is 11.5. The molecule has 0 aliphatic heterocycles. The molecule has 3 nitrogen and oxygen atoms in total. The highest BCUT2D eigenvalue weighted by atomic mass is 79.9. The van der Waals surface area contributed by atoms with E-state index in [4.69, 9.17) is 27.9 Å². The molecule has 17 heavy (non-hydrogen) atoms. The van der Waals surface area contributed by atoms with Crippen molar-refractivity contribution in [2.24, 2.45) is 0 Å². The van der Waals surface area contributed by atoms with Crippen LogP contribution in [-0.2, 0) is 9.53 Å². The second kappa shape index (κ2) is 6.05. The molecular weight excluding hydrogens is 331 g/mol. The van der Waals surface area contributed by atoms with Gasteiger partial charge in [-0.25, -0.2) is 4.79 Å². The molecule has 0 fully saturated rings. The Hall–Kier alpha value is -0.290. The van der Waals surface area contributed by atoms with E-state index in [1.165, 1.54) is 0 Å². The van der Waals surface area contributed by atoms with Gasteiger partial charge in [-0.05, 0) is 18.6 Å². The number of aliphatic hydroxyl groups excluding tert-OH is 1. The first-order chi connectivity index (χ1) is 7.91. The average Bonchev–Trinajstić information content (AvgIpc) is 2.29. The van der Waals surface area contributed by atoms with Crippen molar-refractivity contribution in [3.05, 3.63) is 34.3 Å². The lowest BCUT2D eigenvalue weighted by Crippen LogP contribution is -2.35. The molecule has 1 atom stereocenters. The van der Waals surface area contributed by atoms with Crippen LogP contribution in [0.25, 0.3) is 0 Å². The predicted molar refractivity (Wildman–Crippen MR) is 70.2 cm³/mol. The molecule has 1 aromatic rings. The molecule has 6 heteroatoms. The van der Waals surface area contributed by atoms with Crippen LogP contribution in [0.5, 0.6) is 0 Å². The fourth-order valence-electron chi connectivity index (χ4n) is 1.23. The van der Waals surface area contributed by atoms with Gasteiger partial charge in [0.25, 0.3) is 0 Å². The summed E-state index contributed by atoms with van der Waals surface area (Å²) in [5, 5.41) is 10.0. The highest BCUT2D eigenvalue weighted by Crippen LogP contribution is 2.39. The number of hydrogen-bond donors (Lipinski definition) is 1. The summed E-state index contributed by atoms with van der Waals surface area (Å²) in [6.45, 7) is 1.77. The maximum atomic E-state index is 11.5. The normalized spacial score (nSPS) is 13.2. The Kier molecular flexibility index (Phi) is 5.25. The van der Waals surface area contributed by atoms with E-state index >= 15 is 0 Å². The zero-order valence-corrected chi connectivity index (χ0v) is 12.1. The maximum Gasteiger partial charge on any atom is 0.345 e. The number of aliphatic hydroxyl groups is 1. The Morgan fingerprint density at radius 3 is 2.65 bits per heavy atom. The lowest BCUT2D eigenvalue weighted by molar-refractivity contribution is -0.146. The number of ether oxygens (including phenoxy) is 1. The highest BCUT2D eigenvalue weighted by molar-refractivity contribution is 9.10. The molecule has 0 heterocycles. The number of hydrogen-bond acceptors (Lipinski definition) is 3. The van der Waals surface area contributed by atoms with Crippen molar-refractivity contribution in [3.8, 4) is 0 Å². The smallest absolute Gasteiger partial charge is 0.345 e. The van der Waals surface area contributed by atoms with E-state index in [1.54, 1.807) is 31.2 Å². The minimum atomic E-state index is -2.03. The second-order valence-corrected chi connectivity index (χ2v) is 5.51. The summed E-state index contributed by atoms with van der Waals surface area (Å²) in [5.41, 5.74) is 0.422. The molecule has 1 aromatic carbocycles. The molecule has 0 spiro atoms. The Balaban J connectivity index is 3.00. The van der Waals surface area contributed by atoms with Gasteiger partial charge in [-0.15, -0.1) is 0 Å². The molecular formula is C11H11BrCl2O3. The Labute approximate surface area is 118 Å². The van der Waals surface area contributed by atoms with Crippen molar-refractivity contribution in [3.63, 3.8) is 0 Å². The molecule has 0 aliphatic carbocycles. The molecule has 1 N–H and O–H groups in total. The van der Waals surface area contributed by atoms with Crippen LogP contribution < -0.4 is 0 Å². The number of carbonyl (C=O) groups excluding carboxylic acids is 1. The summed E-state index contributed by atoms with van der Waals surface area (Å²) < 4.78 is 3.30. The number of esters is 1.